The van der Waals surface area contributed by atoms with Crippen molar-refractivity contribution in [2.24, 2.45) is 0 Å². The van der Waals surface area contributed by atoms with E-state index in [-0.39, 0.29) is 5.91 Å². The molecule has 2 aromatic carbocycles. The SMILES string of the molecule is COc1ccc(N[C@H]2[C@H](C(=O)NCc3ccccc3)OC(=O)[C@@H]2OC)cc1. The van der Waals surface area contributed by atoms with E-state index in [1.54, 1.807) is 31.4 Å². The molecule has 0 saturated carbocycles. The van der Waals surface area contributed by atoms with Crippen LogP contribution in [0.1, 0.15) is 5.56 Å². The van der Waals surface area contributed by atoms with Gasteiger partial charge in [-0.1, -0.05) is 30.3 Å². The fraction of sp³-hybridized carbons (Fsp3) is 0.300. The molecule has 0 unspecified atom stereocenters. The molecule has 7 nitrogen and oxygen atoms in total. The number of carbonyl (C=O) groups is 2. The van der Waals surface area contributed by atoms with E-state index < -0.39 is 24.2 Å². The maximum Gasteiger partial charge on any atom is 0.338 e. The van der Waals surface area contributed by atoms with Crippen molar-refractivity contribution in [3.05, 3.63) is 60.2 Å². The number of cyclic esters (lactones) is 1. The van der Waals surface area contributed by atoms with Crippen LogP contribution in [0.3, 0.4) is 0 Å². The molecule has 7 heteroatoms. The quantitative estimate of drug-likeness (QED) is 0.722. The Morgan fingerprint density at radius 1 is 1.07 bits per heavy atom. The third-order valence-corrected chi connectivity index (χ3v) is 4.37. The molecule has 3 atom stereocenters. The maximum atomic E-state index is 12.6. The normalized spacial score (nSPS) is 21.4. The lowest BCUT2D eigenvalue weighted by molar-refractivity contribution is -0.152. The summed E-state index contributed by atoms with van der Waals surface area (Å²) in [7, 11) is 3.00. The highest BCUT2D eigenvalue weighted by molar-refractivity contribution is 5.91. The molecular weight excluding hydrogens is 348 g/mol. The number of rotatable bonds is 7. The van der Waals surface area contributed by atoms with Crippen LogP contribution in [0.15, 0.2) is 54.6 Å². The minimum atomic E-state index is -0.992. The van der Waals surface area contributed by atoms with Crippen molar-refractivity contribution in [2.75, 3.05) is 19.5 Å². The van der Waals surface area contributed by atoms with Crippen molar-refractivity contribution in [3.63, 3.8) is 0 Å². The van der Waals surface area contributed by atoms with Gasteiger partial charge in [0.1, 0.15) is 11.8 Å². The molecular formula is C20H22N2O5. The highest BCUT2D eigenvalue weighted by Crippen LogP contribution is 2.24. The van der Waals surface area contributed by atoms with Crippen molar-refractivity contribution in [1.29, 1.82) is 0 Å². The highest BCUT2D eigenvalue weighted by atomic mass is 16.6. The summed E-state index contributed by atoms with van der Waals surface area (Å²) in [6.45, 7) is 0.348. The Morgan fingerprint density at radius 3 is 2.41 bits per heavy atom. The Balaban J connectivity index is 1.71. The zero-order chi connectivity index (χ0) is 19.2. The minimum absolute atomic E-state index is 0.348. The second-order valence-electron chi connectivity index (χ2n) is 6.12. The molecule has 1 heterocycles. The zero-order valence-corrected chi connectivity index (χ0v) is 15.2. The van der Waals surface area contributed by atoms with E-state index in [0.717, 1.165) is 11.3 Å². The first-order valence-electron chi connectivity index (χ1n) is 8.58. The van der Waals surface area contributed by atoms with Gasteiger partial charge in [-0.25, -0.2) is 4.79 Å². The molecule has 2 N–H and O–H groups in total. The number of nitrogens with one attached hydrogen (secondary N) is 2. The number of methoxy groups -OCH3 is 2. The number of esters is 1. The molecule has 27 heavy (non-hydrogen) atoms. The third kappa shape index (κ3) is 4.38. The number of ether oxygens (including phenoxy) is 3. The summed E-state index contributed by atoms with van der Waals surface area (Å²) in [5.41, 5.74) is 1.68. The zero-order valence-electron chi connectivity index (χ0n) is 15.2. The van der Waals surface area contributed by atoms with Gasteiger partial charge in [0, 0.05) is 19.3 Å². The molecule has 142 valence electrons. The Bertz CT molecular complexity index is 779. The molecule has 0 aliphatic carbocycles. The van der Waals surface area contributed by atoms with Gasteiger partial charge in [0.15, 0.2) is 6.10 Å². The molecule has 0 spiro atoms. The maximum absolute atomic E-state index is 12.6. The smallest absolute Gasteiger partial charge is 0.338 e. The molecule has 3 rings (SSSR count). The molecule has 0 aromatic heterocycles. The molecule has 1 amide bonds. The first-order chi connectivity index (χ1) is 13.1. The summed E-state index contributed by atoms with van der Waals surface area (Å²) in [6.07, 6.45) is -1.87. The Morgan fingerprint density at radius 2 is 1.78 bits per heavy atom. The van der Waals surface area contributed by atoms with Crippen LogP contribution in [-0.4, -0.2) is 44.3 Å². The predicted octanol–water partition coefficient (Wildman–Crippen LogP) is 1.73. The lowest BCUT2D eigenvalue weighted by atomic mass is 10.1. The summed E-state index contributed by atoms with van der Waals surface area (Å²) >= 11 is 0. The van der Waals surface area contributed by atoms with Crippen LogP contribution < -0.4 is 15.4 Å². The third-order valence-electron chi connectivity index (χ3n) is 4.37. The van der Waals surface area contributed by atoms with E-state index in [0.29, 0.717) is 12.3 Å². The second-order valence-corrected chi connectivity index (χ2v) is 6.12. The Labute approximate surface area is 157 Å². The number of anilines is 1. The number of hydrogen-bond acceptors (Lipinski definition) is 6. The fourth-order valence-corrected chi connectivity index (χ4v) is 2.95. The molecule has 1 fully saturated rings. The van der Waals surface area contributed by atoms with Gasteiger partial charge >= 0.3 is 5.97 Å². The number of amides is 1. The standard InChI is InChI=1S/C20H22N2O5/c1-25-15-10-8-14(9-11-15)22-16-17(27-20(24)18(16)26-2)19(23)21-12-13-6-4-3-5-7-13/h3-11,16-18,22H,12H2,1-2H3,(H,21,23)/t16-,17+,18+/m0/s1. The number of benzene rings is 2. The van der Waals surface area contributed by atoms with Gasteiger partial charge in [0.25, 0.3) is 5.91 Å². The van der Waals surface area contributed by atoms with Crippen LogP contribution >= 0.6 is 0 Å². The topological polar surface area (TPSA) is 85.9 Å². The molecule has 1 saturated heterocycles. The highest BCUT2D eigenvalue weighted by Gasteiger charge is 2.48. The lowest BCUT2D eigenvalue weighted by Gasteiger charge is -2.22. The van der Waals surface area contributed by atoms with Crippen LogP contribution in [0.2, 0.25) is 0 Å². The van der Waals surface area contributed by atoms with Crippen LogP contribution in [0.25, 0.3) is 0 Å². The molecule has 0 bridgehead atoms. The lowest BCUT2D eigenvalue weighted by Crippen LogP contribution is -2.47. The van der Waals surface area contributed by atoms with Gasteiger partial charge in [-0.05, 0) is 29.8 Å². The second kappa shape index (κ2) is 8.55. The van der Waals surface area contributed by atoms with Gasteiger partial charge in [-0.3, -0.25) is 4.79 Å². The summed E-state index contributed by atoms with van der Waals surface area (Å²) in [4.78, 5) is 24.7. The molecule has 0 radical (unpaired) electrons. The first kappa shape index (κ1) is 18.7. The van der Waals surface area contributed by atoms with Crippen molar-refractivity contribution >= 4 is 17.6 Å². The molecule has 1 aliphatic rings. The van der Waals surface area contributed by atoms with E-state index in [4.69, 9.17) is 14.2 Å². The van der Waals surface area contributed by atoms with Crippen LogP contribution in [0.5, 0.6) is 5.75 Å². The Kier molecular flexibility index (Phi) is 5.93. The predicted molar refractivity (Wildman–Crippen MR) is 99.4 cm³/mol. The number of hydrogen-bond donors (Lipinski definition) is 2. The van der Waals surface area contributed by atoms with Gasteiger partial charge in [-0.2, -0.15) is 0 Å². The van der Waals surface area contributed by atoms with Gasteiger partial charge < -0.3 is 24.8 Å². The largest absolute Gasteiger partial charge is 0.497 e. The van der Waals surface area contributed by atoms with Crippen molar-refractivity contribution < 1.29 is 23.8 Å². The van der Waals surface area contributed by atoms with Crippen LogP contribution in [-0.2, 0) is 25.6 Å². The summed E-state index contributed by atoms with van der Waals surface area (Å²) in [5, 5.41) is 5.97. The minimum Gasteiger partial charge on any atom is -0.497 e. The molecule has 2 aromatic rings. The average Bonchev–Trinajstić information content (AvgIpc) is 3.02. The Hall–Kier alpha value is -3.06. The van der Waals surface area contributed by atoms with E-state index >= 15 is 0 Å². The van der Waals surface area contributed by atoms with E-state index in [1.165, 1.54) is 7.11 Å². The van der Waals surface area contributed by atoms with Crippen LogP contribution in [0.4, 0.5) is 5.69 Å². The van der Waals surface area contributed by atoms with Crippen molar-refractivity contribution in [1.82, 2.24) is 5.32 Å². The van der Waals surface area contributed by atoms with E-state index in [1.807, 2.05) is 30.3 Å². The van der Waals surface area contributed by atoms with Crippen molar-refractivity contribution in [3.8, 4) is 5.75 Å². The molecule has 1 aliphatic heterocycles. The van der Waals surface area contributed by atoms with E-state index in [2.05, 4.69) is 10.6 Å². The van der Waals surface area contributed by atoms with Crippen molar-refractivity contribution in [2.45, 2.75) is 24.8 Å². The summed E-state index contributed by atoms with van der Waals surface area (Å²) in [6, 6.07) is 16.0. The average molecular weight is 370 g/mol. The van der Waals surface area contributed by atoms with Gasteiger partial charge in [0.2, 0.25) is 6.10 Å². The summed E-state index contributed by atoms with van der Waals surface area (Å²) in [5.74, 6) is -0.235. The van der Waals surface area contributed by atoms with Gasteiger partial charge in [-0.15, -0.1) is 0 Å². The fourth-order valence-electron chi connectivity index (χ4n) is 2.95. The van der Waals surface area contributed by atoms with Crippen LogP contribution in [0, 0.1) is 0 Å². The van der Waals surface area contributed by atoms with E-state index in [9.17, 15) is 9.59 Å². The summed E-state index contributed by atoms with van der Waals surface area (Å²) < 4.78 is 15.7. The number of carbonyl (C=O) groups excluding carboxylic acids is 2. The monoisotopic (exact) mass is 370 g/mol. The van der Waals surface area contributed by atoms with Gasteiger partial charge in [0.05, 0.1) is 7.11 Å². The first-order valence-corrected chi connectivity index (χ1v) is 8.58.